The van der Waals surface area contributed by atoms with Gasteiger partial charge in [-0.1, -0.05) is 53.4 Å². The highest BCUT2D eigenvalue weighted by Gasteiger charge is 2.55. The van der Waals surface area contributed by atoms with Gasteiger partial charge in [0.2, 0.25) is 0 Å². The van der Waals surface area contributed by atoms with Gasteiger partial charge in [0.25, 0.3) is 0 Å². The highest BCUT2D eigenvalue weighted by atomic mass is 79.9. The summed E-state index contributed by atoms with van der Waals surface area (Å²) in [4.78, 5) is 0. The van der Waals surface area contributed by atoms with Crippen LogP contribution in [0.2, 0.25) is 0 Å². The second-order valence-electron chi connectivity index (χ2n) is 7.83. The van der Waals surface area contributed by atoms with E-state index < -0.39 is 0 Å². The number of hydrogen-bond donors (Lipinski definition) is 1. The smallest absolute Gasteiger partial charge is 0.0213 e. The van der Waals surface area contributed by atoms with E-state index >= 15 is 0 Å². The molecule has 0 atom stereocenters. The summed E-state index contributed by atoms with van der Waals surface area (Å²) in [7, 11) is 0. The molecule has 0 amide bonds. The lowest BCUT2D eigenvalue weighted by molar-refractivity contribution is -0.0133. The van der Waals surface area contributed by atoms with Crippen LogP contribution in [0.1, 0.15) is 63.4 Å². The van der Waals surface area contributed by atoms with Gasteiger partial charge in [-0.3, -0.25) is 0 Å². The first-order valence-electron chi connectivity index (χ1n) is 8.70. The van der Waals surface area contributed by atoms with Crippen LogP contribution in [0.25, 0.3) is 0 Å². The molecule has 3 fully saturated rings. The minimum absolute atomic E-state index is 0.389. The Morgan fingerprint density at radius 2 is 1.76 bits per heavy atom. The molecule has 0 aliphatic heterocycles. The van der Waals surface area contributed by atoms with E-state index in [1.165, 1.54) is 68.8 Å². The third kappa shape index (κ3) is 2.70. The minimum Gasteiger partial charge on any atom is -0.313 e. The van der Waals surface area contributed by atoms with Crippen molar-refractivity contribution >= 4 is 15.9 Å². The van der Waals surface area contributed by atoms with Crippen molar-refractivity contribution in [3.8, 4) is 0 Å². The largest absolute Gasteiger partial charge is 0.313 e. The van der Waals surface area contributed by atoms with Gasteiger partial charge in [-0.15, -0.1) is 0 Å². The maximum absolute atomic E-state index is 3.83. The fraction of sp³-hybridized carbons (Fsp3) is 0.684. The molecule has 0 saturated heterocycles. The van der Waals surface area contributed by atoms with E-state index in [0.29, 0.717) is 10.8 Å². The number of hydrogen-bond acceptors (Lipinski definition) is 1. The average Bonchev–Trinajstić information content (AvgIpc) is 3.28. The molecule has 1 aromatic rings. The molecule has 0 heterocycles. The monoisotopic (exact) mass is 347 g/mol. The lowest BCUT2D eigenvalue weighted by Crippen LogP contribution is -2.55. The first-order chi connectivity index (χ1) is 10.2. The van der Waals surface area contributed by atoms with Crippen LogP contribution in [0.15, 0.2) is 28.7 Å². The van der Waals surface area contributed by atoms with Gasteiger partial charge in [-0.2, -0.15) is 0 Å². The second-order valence-corrected chi connectivity index (χ2v) is 8.68. The summed E-state index contributed by atoms with van der Waals surface area (Å²) in [5, 5.41) is 3.83. The zero-order chi connectivity index (χ0) is 14.3. The van der Waals surface area contributed by atoms with E-state index in [9.17, 15) is 0 Å². The lowest BCUT2D eigenvalue weighted by atomic mass is 9.46. The molecule has 1 N–H and O–H groups in total. The fourth-order valence-corrected chi connectivity index (χ4v) is 5.67. The number of benzene rings is 1. The van der Waals surface area contributed by atoms with Crippen molar-refractivity contribution in [2.45, 2.75) is 69.2 Å². The normalized spacial score (nSPS) is 26.5. The van der Waals surface area contributed by atoms with Crippen LogP contribution < -0.4 is 5.32 Å². The molecule has 0 bridgehead atoms. The van der Waals surface area contributed by atoms with Crippen molar-refractivity contribution in [2.24, 2.45) is 5.41 Å². The topological polar surface area (TPSA) is 12.0 Å². The quantitative estimate of drug-likeness (QED) is 0.790. The maximum Gasteiger partial charge on any atom is 0.0213 e. The van der Waals surface area contributed by atoms with Crippen LogP contribution in [-0.2, 0) is 5.41 Å². The molecule has 2 heteroatoms. The molecule has 1 nitrogen and oxygen atoms in total. The highest BCUT2D eigenvalue weighted by molar-refractivity contribution is 9.10. The van der Waals surface area contributed by atoms with Gasteiger partial charge in [0.1, 0.15) is 0 Å². The Hall–Kier alpha value is -0.340. The van der Waals surface area contributed by atoms with Gasteiger partial charge in [-0.25, -0.2) is 0 Å². The number of nitrogens with one attached hydrogen (secondary N) is 1. The molecule has 0 radical (unpaired) electrons. The first-order valence-corrected chi connectivity index (χ1v) is 9.49. The van der Waals surface area contributed by atoms with Crippen molar-refractivity contribution in [3.05, 3.63) is 34.3 Å². The summed E-state index contributed by atoms with van der Waals surface area (Å²) in [6, 6.07) is 9.75. The molecule has 3 aliphatic rings. The van der Waals surface area contributed by atoms with E-state index in [1.54, 1.807) is 5.56 Å². The van der Waals surface area contributed by atoms with Crippen LogP contribution in [0, 0.1) is 5.41 Å². The van der Waals surface area contributed by atoms with Crippen molar-refractivity contribution in [2.75, 3.05) is 6.54 Å². The second kappa shape index (κ2) is 5.38. The zero-order valence-corrected chi connectivity index (χ0v) is 14.4. The Bertz CT molecular complexity index is 506. The predicted octanol–water partition coefficient (Wildman–Crippen LogP) is 5.18. The molecule has 114 valence electrons. The summed E-state index contributed by atoms with van der Waals surface area (Å²) in [6.45, 7) is 1.18. The molecule has 0 unspecified atom stereocenters. The summed E-state index contributed by atoms with van der Waals surface area (Å²) in [6.07, 6.45) is 12.9. The van der Waals surface area contributed by atoms with Crippen molar-refractivity contribution in [3.63, 3.8) is 0 Å². The van der Waals surface area contributed by atoms with Gasteiger partial charge in [0.15, 0.2) is 0 Å². The molecule has 3 saturated carbocycles. The van der Waals surface area contributed by atoms with Crippen molar-refractivity contribution < 1.29 is 0 Å². The van der Waals surface area contributed by atoms with E-state index in [1.807, 2.05) is 0 Å². The van der Waals surface area contributed by atoms with Crippen LogP contribution in [0.3, 0.4) is 0 Å². The predicted molar refractivity (Wildman–Crippen MR) is 91.6 cm³/mol. The molecular formula is C19H26BrN. The summed E-state index contributed by atoms with van der Waals surface area (Å²) >= 11 is 3.81. The van der Waals surface area contributed by atoms with Crippen molar-refractivity contribution in [1.29, 1.82) is 0 Å². The molecule has 3 aliphatic carbocycles. The first kappa shape index (κ1) is 14.3. The molecule has 1 spiro atoms. The van der Waals surface area contributed by atoms with Gasteiger partial charge >= 0.3 is 0 Å². The molecule has 4 rings (SSSR count). The van der Waals surface area contributed by atoms with Crippen LogP contribution in [-0.4, -0.2) is 12.6 Å². The summed E-state index contributed by atoms with van der Waals surface area (Å²) in [5.41, 5.74) is 2.62. The average molecular weight is 348 g/mol. The van der Waals surface area contributed by atoms with E-state index in [0.717, 1.165) is 6.04 Å². The van der Waals surface area contributed by atoms with Gasteiger partial charge in [0.05, 0.1) is 0 Å². The van der Waals surface area contributed by atoms with Crippen LogP contribution >= 0.6 is 15.9 Å². The SMILES string of the molecule is Brc1ccccc1C1(CNC2CC2)CC2(CCCCC2)C1. The Morgan fingerprint density at radius 1 is 1.05 bits per heavy atom. The lowest BCUT2D eigenvalue weighted by Gasteiger charge is -2.59. The minimum atomic E-state index is 0.389. The Balaban J connectivity index is 1.57. The van der Waals surface area contributed by atoms with Gasteiger partial charge in [0, 0.05) is 22.5 Å². The third-order valence-corrected chi connectivity index (χ3v) is 6.78. The molecule has 0 aromatic heterocycles. The fourth-order valence-electron chi connectivity index (χ4n) is 4.97. The van der Waals surface area contributed by atoms with Gasteiger partial charge < -0.3 is 5.32 Å². The Labute approximate surface area is 137 Å². The van der Waals surface area contributed by atoms with E-state index in [4.69, 9.17) is 0 Å². The van der Waals surface area contributed by atoms with Crippen molar-refractivity contribution in [1.82, 2.24) is 5.32 Å². The molecule has 21 heavy (non-hydrogen) atoms. The Kier molecular flexibility index (Phi) is 3.66. The van der Waals surface area contributed by atoms with Crippen LogP contribution in [0.5, 0.6) is 0 Å². The van der Waals surface area contributed by atoms with Gasteiger partial charge in [-0.05, 0) is 55.6 Å². The van der Waals surface area contributed by atoms with E-state index in [-0.39, 0.29) is 0 Å². The maximum atomic E-state index is 3.83. The summed E-state index contributed by atoms with van der Waals surface area (Å²) in [5.74, 6) is 0. The van der Waals surface area contributed by atoms with E-state index in [2.05, 4.69) is 45.5 Å². The number of rotatable bonds is 4. The molecule has 1 aromatic carbocycles. The summed E-state index contributed by atoms with van der Waals surface area (Å²) < 4.78 is 1.31. The Morgan fingerprint density at radius 3 is 2.43 bits per heavy atom. The third-order valence-electron chi connectivity index (χ3n) is 6.09. The molecular weight excluding hydrogens is 322 g/mol. The standard InChI is InChI=1S/C19H26BrN/c20-17-7-3-2-6-16(17)19(14-21-15-8-9-15)12-18(13-19)10-4-1-5-11-18/h2-3,6-7,15,21H,1,4-5,8-14H2. The number of halogens is 1. The zero-order valence-electron chi connectivity index (χ0n) is 12.8. The highest BCUT2D eigenvalue weighted by Crippen LogP contribution is 2.62. The van der Waals surface area contributed by atoms with Crippen LogP contribution in [0.4, 0.5) is 0 Å².